The van der Waals surface area contributed by atoms with Gasteiger partial charge in [0.25, 0.3) is 5.91 Å². The third kappa shape index (κ3) is 3.45. The number of benzene rings is 1. The van der Waals surface area contributed by atoms with Crippen molar-refractivity contribution in [2.75, 3.05) is 5.73 Å². The Hall–Kier alpha value is -2.07. The van der Waals surface area contributed by atoms with Crippen LogP contribution in [-0.4, -0.2) is 10.9 Å². The SMILES string of the molecule is Cc1cccc(CNC(=O)c2cc(N)ncc2Cl)c1. The number of pyridine rings is 1. The number of anilines is 1. The minimum atomic E-state index is -0.263. The van der Waals surface area contributed by atoms with Gasteiger partial charge in [0, 0.05) is 12.7 Å². The van der Waals surface area contributed by atoms with Gasteiger partial charge in [-0.3, -0.25) is 4.79 Å². The van der Waals surface area contributed by atoms with Gasteiger partial charge in [0.15, 0.2) is 0 Å². The number of hydrogen-bond acceptors (Lipinski definition) is 3. The Morgan fingerprint density at radius 3 is 2.95 bits per heavy atom. The number of amides is 1. The molecule has 0 aliphatic heterocycles. The van der Waals surface area contributed by atoms with Gasteiger partial charge in [-0.1, -0.05) is 41.4 Å². The van der Waals surface area contributed by atoms with Gasteiger partial charge in [0.2, 0.25) is 0 Å². The molecular formula is C14H14ClN3O. The number of halogens is 1. The summed E-state index contributed by atoms with van der Waals surface area (Å²) in [7, 11) is 0. The largest absolute Gasteiger partial charge is 0.384 e. The second-order valence-corrected chi connectivity index (χ2v) is 4.67. The minimum absolute atomic E-state index is 0.263. The number of hydrogen-bond donors (Lipinski definition) is 2. The monoisotopic (exact) mass is 275 g/mol. The average molecular weight is 276 g/mol. The Balaban J connectivity index is 2.07. The van der Waals surface area contributed by atoms with E-state index in [1.54, 1.807) is 0 Å². The van der Waals surface area contributed by atoms with Crippen LogP contribution in [0.2, 0.25) is 5.02 Å². The molecule has 0 fully saturated rings. The maximum atomic E-state index is 12.0. The van der Waals surface area contributed by atoms with Crippen LogP contribution in [0.1, 0.15) is 21.5 Å². The van der Waals surface area contributed by atoms with Crippen molar-refractivity contribution in [2.24, 2.45) is 0 Å². The first-order valence-electron chi connectivity index (χ1n) is 5.81. The van der Waals surface area contributed by atoms with Crippen molar-refractivity contribution in [1.82, 2.24) is 10.3 Å². The van der Waals surface area contributed by atoms with Crippen LogP contribution in [-0.2, 0) is 6.54 Å². The topological polar surface area (TPSA) is 68.0 Å². The Labute approximate surface area is 116 Å². The van der Waals surface area contributed by atoms with Crippen LogP contribution in [0.4, 0.5) is 5.82 Å². The number of rotatable bonds is 3. The number of nitrogens with two attached hydrogens (primary N) is 1. The van der Waals surface area contributed by atoms with Crippen LogP contribution in [0.15, 0.2) is 36.5 Å². The summed E-state index contributed by atoms with van der Waals surface area (Å²) in [6.07, 6.45) is 1.37. The second kappa shape index (κ2) is 5.71. The zero-order valence-corrected chi connectivity index (χ0v) is 11.2. The van der Waals surface area contributed by atoms with Crippen molar-refractivity contribution >= 4 is 23.3 Å². The van der Waals surface area contributed by atoms with Gasteiger partial charge < -0.3 is 11.1 Å². The highest BCUT2D eigenvalue weighted by Gasteiger charge is 2.11. The average Bonchev–Trinajstić information content (AvgIpc) is 2.39. The molecule has 0 atom stereocenters. The van der Waals surface area contributed by atoms with Gasteiger partial charge in [0.1, 0.15) is 5.82 Å². The van der Waals surface area contributed by atoms with E-state index >= 15 is 0 Å². The Morgan fingerprint density at radius 2 is 2.21 bits per heavy atom. The fourth-order valence-electron chi connectivity index (χ4n) is 1.73. The summed E-state index contributed by atoms with van der Waals surface area (Å²) in [4.78, 5) is 15.8. The molecule has 1 amide bonds. The number of aryl methyl sites for hydroxylation is 1. The molecule has 0 radical (unpaired) electrons. The Morgan fingerprint density at radius 1 is 1.42 bits per heavy atom. The predicted molar refractivity (Wildman–Crippen MR) is 76.0 cm³/mol. The van der Waals surface area contributed by atoms with E-state index in [1.807, 2.05) is 31.2 Å². The molecule has 4 nitrogen and oxygen atoms in total. The molecule has 98 valence electrons. The summed E-state index contributed by atoms with van der Waals surface area (Å²) < 4.78 is 0. The number of carbonyl (C=O) groups excluding carboxylic acids is 1. The fourth-order valence-corrected chi connectivity index (χ4v) is 1.92. The lowest BCUT2D eigenvalue weighted by molar-refractivity contribution is 0.0951. The van der Waals surface area contributed by atoms with Crippen LogP contribution in [0.25, 0.3) is 0 Å². The van der Waals surface area contributed by atoms with E-state index < -0.39 is 0 Å². The molecule has 0 aliphatic rings. The van der Waals surface area contributed by atoms with Crippen LogP contribution >= 0.6 is 11.6 Å². The zero-order valence-electron chi connectivity index (χ0n) is 10.5. The van der Waals surface area contributed by atoms with E-state index in [9.17, 15) is 4.79 Å². The Bertz CT molecular complexity index is 613. The smallest absolute Gasteiger partial charge is 0.253 e. The van der Waals surface area contributed by atoms with Gasteiger partial charge in [-0.15, -0.1) is 0 Å². The molecule has 2 aromatic rings. The summed E-state index contributed by atoms with van der Waals surface area (Å²) in [5.74, 6) is 0.00529. The molecule has 0 saturated carbocycles. The molecule has 0 spiro atoms. The van der Waals surface area contributed by atoms with E-state index in [4.69, 9.17) is 17.3 Å². The molecule has 5 heteroatoms. The normalized spacial score (nSPS) is 10.2. The second-order valence-electron chi connectivity index (χ2n) is 4.26. The Kier molecular flexibility index (Phi) is 4.02. The van der Waals surface area contributed by atoms with Gasteiger partial charge in [-0.2, -0.15) is 0 Å². The van der Waals surface area contributed by atoms with Gasteiger partial charge in [-0.25, -0.2) is 4.98 Å². The maximum Gasteiger partial charge on any atom is 0.253 e. The van der Waals surface area contributed by atoms with Crippen molar-refractivity contribution in [3.63, 3.8) is 0 Å². The van der Waals surface area contributed by atoms with Gasteiger partial charge in [0.05, 0.1) is 10.6 Å². The van der Waals surface area contributed by atoms with Gasteiger partial charge in [-0.05, 0) is 18.6 Å². The van der Waals surface area contributed by atoms with E-state index in [-0.39, 0.29) is 16.7 Å². The molecule has 19 heavy (non-hydrogen) atoms. The first kappa shape index (κ1) is 13.4. The molecular weight excluding hydrogens is 262 g/mol. The van der Waals surface area contributed by atoms with E-state index in [1.165, 1.54) is 12.3 Å². The summed E-state index contributed by atoms with van der Waals surface area (Å²) in [5.41, 5.74) is 8.06. The minimum Gasteiger partial charge on any atom is -0.384 e. The molecule has 0 bridgehead atoms. The van der Waals surface area contributed by atoms with Crippen LogP contribution in [0.5, 0.6) is 0 Å². The van der Waals surface area contributed by atoms with Crippen molar-refractivity contribution < 1.29 is 4.79 Å². The lowest BCUT2D eigenvalue weighted by atomic mass is 10.1. The molecule has 0 saturated heterocycles. The van der Waals surface area contributed by atoms with E-state index in [0.717, 1.165) is 11.1 Å². The van der Waals surface area contributed by atoms with E-state index in [0.29, 0.717) is 12.1 Å². The van der Waals surface area contributed by atoms with Crippen LogP contribution in [0, 0.1) is 6.92 Å². The molecule has 0 aliphatic carbocycles. The van der Waals surface area contributed by atoms with Crippen LogP contribution < -0.4 is 11.1 Å². The third-order valence-corrected chi connectivity index (χ3v) is 2.96. The number of nitrogens with zero attached hydrogens (tertiary/aromatic N) is 1. The number of aromatic nitrogens is 1. The number of nitrogen functional groups attached to an aromatic ring is 1. The number of carbonyl (C=O) groups is 1. The lowest BCUT2D eigenvalue weighted by Gasteiger charge is -2.07. The maximum absolute atomic E-state index is 12.0. The molecule has 2 rings (SSSR count). The van der Waals surface area contributed by atoms with E-state index in [2.05, 4.69) is 10.3 Å². The summed E-state index contributed by atoms with van der Waals surface area (Å²) in [6, 6.07) is 9.40. The molecule has 0 unspecified atom stereocenters. The molecule has 1 aromatic carbocycles. The molecule has 1 heterocycles. The highest BCUT2D eigenvalue weighted by atomic mass is 35.5. The van der Waals surface area contributed by atoms with Crippen molar-refractivity contribution in [3.05, 3.63) is 58.2 Å². The van der Waals surface area contributed by atoms with Crippen molar-refractivity contribution in [3.8, 4) is 0 Å². The quantitative estimate of drug-likeness (QED) is 0.904. The van der Waals surface area contributed by atoms with Crippen molar-refractivity contribution in [1.29, 1.82) is 0 Å². The highest BCUT2D eigenvalue weighted by Crippen LogP contribution is 2.16. The summed E-state index contributed by atoms with van der Waals surface area (Å²) in [5, 5.41) is 3.09. The third-order valence-electron chi connectivity index (χ3n) is 2.66. The fraction of sp³-hybridized carbons (Fsp3) is 0.143. The van der Waals surface area contributed by atoms with Crippen molar-refractivity contribution in [2.45, 2.75) is 13.5 Å². The van der Waals surface area contributed by atoms with Crippen LogP contribution in [0.3, 0.4) is 0 Å². The zero-order chi connectivity index (χ0) is 13.8. The first-order valence-corrected chi connectivity index (χ1v) is 6.19. The molecule has 1 aromatic heterocycles. The van der Waals surface area contributed by atoms with Gasteiger partial charge >= 0.3 is 0 Å². The predicted octanol–water partition coefficient (Wildman–Crippen LogP) is 2.56. The standard InChI is InChI=1S/C14H14ClN3O/c1-9-3-2-4-10(5-9)7-18-14(19)11-6-13(16)17-8-12(11)15/h2-6,8H,7H2,1H3,(H2,16,17)(H,18,19). The lowest BCUT2D eigenvalue weighted by Crippen LogP contribution is -2.23. The summed E-state index contributed by atoms with van der Waals surface area (Å²) in [6.45, 7) is 2.45. The number of nitrogens with one attached hydrogen (secondary N) is 1. The molecule has 3 N–H and O–H groups in total. The highest BCUT2D eigenvalue weighted by molar-refractivity contribution is 6.33. The summed E-state index contributed by atoms with van der Waals surface area (Å²) >= 11 is 5.92. The first-order chi connectivity index (χ1) is 9.06.